The van der Waals surface area contributed by atoms with Gasteiger partial charge < -0.3 is 15.7 Å². The van der Waals surface area contributed by atoms with Gasteiger partial charge in [-0.25, -0.2) is 4.79 Å². The van der Waals surface area contributed by atoms with Crippen LogP contribution in [0.4, 0.5) is 10.5 Å². The molecule has 6 heteroatoms. The molecule has 0 unspecified atom stereocenters. The van der Waals surface area contributed by atoms with Gasteiger partial charge in [0, 0.05) is 16.8 Å². The van der Waals surface area contributed by atoms with E-state index >= 15 is 0 Å². The van der Waals surface area contributed by atoms with Gasteiger partial charge in [0.15, 0.2) is 0 Å². The first kappa shape index (κ1) is 14.7. The average Bonchev–Trinajstić information content (AvgIpc) is 2.42. The third-order valence-corrected chi connectivity index (χ3v) is 3.77. The molecule has 0 saturated heterocycles. The standard InChI is InChI=1S/C14H17ClN2O3/c15-10-3-7-12(8-4-10)17-14(20)16-11-5-1-9(2-6-11)13(18)19/h3-4,7-9,11H,1-2,5-6H2,(H,18,19)(H2,16,17,20). The van der Waals surface area contributed by atoms with Crippen molar-refractivity contribution in [1.82, 2.24) is 5.32 Å². The first-order valence-corrected chi connectivity index (χ1v) is 6.98. The van der Waals surface area contributed by atoms with Crippen LogP contribution in [0, 0.1) is 5.92 Å². The van der Waals surface area contributed by atoms with Gasteiger partial charge in [-0.05, 0) is 49.9 Å². The molecule has 1 aromatic rings. The summed E-state index contributed by atoms with van der Waals surface area (Å²) in [6.07, 6.45) is 2.62. The third kappa shape index (κ3) is 4.13. The van der Waals surface area contributed by atoms with E-state index in [0.717, 1.165) is 0 Å². The lowest BCUT2D eigenvalue weighted by molar-refractivity contribution is -0.142. The maximum atomic E-state index is 11.8. The number of carboxylic acid groups (broad SMARTS) is 1. The fraction of sp³-hybridized carbons (Fsp3) is 0.429. The molecule has 20 heavy (non-hydrogen) atoms. The molecule has 0 radical (unpaired) electrons. The van der Waals surface area contributed by atoms with Crippen molar-refractivity contribution < 1.29 is 14.7 Å². The van der Waals surface area contributed by atoms with Crippen LogP contribution in [0.1, 0.15) is 25.7 Å². The molecule has 2 rings (SSSR count). The number of hydrogen-bond donors (Lipinski definition) is 3. The zero-order valence-corrected chi connectivity index (χ0v) is 11.7. The predicted octanol–water partition coefficient (Wildman–Crippen LogP) is 3.10. The molecule has 0 spiro atoms. The summed E-state index contributed by atoms with van der Waals surface area (Å²) in [6.45, 7) is 0. The lowest BCUT2D eigenvalue weighted by atomic mass is 9.86. The minimum Gasteiger partial charge on any atom is -0.481 e. The second-order valence-corrected chi connectivity index (χ2v) is 5.43. The number of urea groups is 1. The van der Waals surface area contributed by atoms with Gasteiger partial charge in [0.25, 0.3) is 0 Å². The summed E-state index contributed by atoms with van der Waals surface area (Å²) < 4.78 is 0. The number of aliphatic carboxylic acids is 1. The van der Waals surface area contributed by atoms with Gasteiger partial charge in [-0.3, -0.25) is 4.79 Å². The van der Waals surface area contributed by atoms with E-state index in [0.29, 0.717) is 36.4 Å². The molecular weight excluding hydrogens is 280 g/mol. The van der Waals surface area contributed by atoms with Crippen molar-refractivity contribution in [3.8, 4) is 0 Å². The Morgan fingerprint density at radius 1 is 1.10 bits per heavy atom. The molecule has 0 atom stereocenters. The fourth-order valence-corrected chi connectivity index (χ4v) is 2.50. The molecule has 0 heterocycles. The van der Waals surface area contributed by atoms with Crippen LogP contribution in [-0.2, 0) is 4.79 Å². The van der Waals surface area contributed by atoms with E-state index in [9.17, 15) is 9.59 Å². The molecule has 2 amide bonds. The SMILES string of the molecule is O=C(Nc1ccc(Cl)cc1)NC1CCC(C(=O)O)CC1. The molecule has 1 aliphatic carbocycles. The third-order valence-electron chi connectivity index (χ3n) is 3.51. The number of benzene rings is 1. The highest BCUT2D eigenvalue weighted by Gasteiger charge is 2.26. The van der Waals surface area contributed by atoms with Crippen LogP contribution in [0.15, 0.2) is 24.3 Å². The Balaban J connectivity index is 1.78. The summed E-state index contributed by atoms with van der Waals surface area (Å²) in [6, 6.07) is 6.63. The number of carbonyl (C=O) groups is 2. The zero-order chi connectivity index (χ0) is 14.5. The van der Waals surface area contributed by atoms with Crippen molar-refractivity contribution in [3.63, 3.8) is 0 Å². The van der Waals surface area contributed by atoms with E-state index in [-0.39, 0.29) is 18.0 Å². The van der Waals surface area contributed by atoms with E-state index < -0.39 is 5.97 Å². The van der Waals surface area contributed by atoms with E-state index in [2.05, 4.69) is 10.6 Å². The Labute approximate surface area is 122 Å². The Bertz CT molecular complexity index is 482. The monoisotopic (exact) mass is 296 g/mol. The van der Waals surface area contributed by atoms with Crippen LogP contribution in [-0.4, -0.2) is 23.1 Å². The minimum absolute atomic E-state index is 0.0397. The molecule has 1 saturated carbocycles. The van der Waals surface area contributed by atoms with Crippen molar-refractivity contribution in [1.29, 1.82) is 0 Å². The summed E-state index contributed by atoms with van der Waals surface area (Å²) in [5, 5.41) is 15.1. The van der Waals surface area contributed by atoms with Crippen molar-refractivity contribution in [2.45, 2.75) is 31.7 Å². The summed E-state index contributed by atoms with van der Waals surface area (Å²) in [4.78, 5) is 22.7. The number of carboxylic acids is 1. The van der Waals surface area contributed by atoms with Gasteiger partial charge in [-0.15, -0.1) is 0 Å². The molecule has 1 aliphatic rings. The Kier molecular flexibility index (Phi) is 4.84. The lowest BCUT2D eigenvalue weighted by Gasteiger charge is -2.26. The molecule has 5 nitrogen and oxygen atoms in total. The van der Waals surface area contributed by atoms with Crippen LogP contribution in [0.5, 0.6) is 0 Å². The van der Waals surface area contributed by atoms with Gasteiger partial charge >= 0.3 is 12.0 Å². The topological polar surface area (TPSA) is 78.4 Å². The highest BCUT2D eigenvalue weighted by molar-refractivity contribution is 6.30. The van der Waals surface area contributed by atoms with Crippen LogP contribution < -0.4 is 10.6 Å². The van der Waals surface area contributed by atoms with Gasteiger partial charge in [0.05, 0.1) is 5.92 Å². The Hall–Kier alpha value is -1.75. The maximum Gasteiger partial charge on any atom is 0.319 e. The summed E-state index contributed by atoms with van der Waals surface area (Å²) in [5.74, 6) is -1.01. The van der Waals surface area contributed by atoms with Gasteiger partial charge in [-0.2, -0.15) is 0 Å². The first-order chi connectivity index (χ1) is 9.54. The number of nitrogens with one attached hydrogen (secondary N) is 2. The van der Waals surface area contributed by atoms with Gasteiger partial charge in [0.2, 0.25) is 0 Å². The number of anilines is 1. The molecule has 108 valence electrons. The van der Waals surface area contributed by atoms with E-state index in [1.807, 2.05) is 0 Å². The van der Waals surface area contributed by atoms with Crippen LogP contribution >= 0.6 is 11.6 Å². The lowest BCUT2D eigenvalue weighted by Crippen LogP contribution is -2.40. The average molecular weight is 297 g/mol. The fourth-order valence-electron chi connectivity index (χ4n) is 2.37. The van der Waals surface area contributed by atoms with E-state index in [4.69, 9.17) is 16.7 Å². The van der Waals surface area contributed by atoms with Crippen molar-refractivity contribution in [2.24, 2.45) is 5.92 Å². The number of rotatable bonds is 3. The highest BCUT2D eigenvalue weighted by atomic mass is 35.5. The summed E-state index contributed by atoms with van der Waals surface area (Å²) in [5.41, 5.74) is 0.672. The van der Waals surface area contributed by atoms with Crippen LogP contribution in [0.3, 0.4) is 0 Å². The van der Waals surface area contributed by atoms with E-state index in [1.54, 1.807) is 24.3 Å². The molecule has 0 bridgehead atoms. The molecule has 0 aliphatic heterocycles. The number of carbonyl (C=O) groups excluding carboxylic acids is 1. The quantitative estimate of drug-likeness (QED) is 0.802. The minimum atomic E-state index is -0.742. The number of amides is 2. The van der Waals surface area contributed by atoms with Gasteiger partial charge in [-0.1, -0.05) is 11.6 Å². The van der Waals surface area contributed by atoms with Crippen LogP contribution in [0.25, 0.3) is 0 Å². The van der Waals surface area contributed by atoms with Crippen LogP contribution in [0.2, 0.25) is 5.02 Å². The predicted molar refractivity (Wildman–Crippen MR) is 77.0 cm³/mol. The van der Waals surface area contributed by atoms with Crippen molar-refractivity contribution in [2.75, 3.05) is 5.32 Å². The Morgan fingerprint density at radius 2 is 1.70 bits per heavy atom. The van der Waals surface area contributed by atoms with Crippen molar-refractivity contribution >= 4 is 29.3 Å². The first-order valence-electron chi connectivity index (χ1n) is 6.60. The molecule has 1 aromatic carbocycles. The normalized spacial score (nSPS) is 22.1. The number of hydrogen-bond acceptors (Lipinski definition) is 2. The van der Waals surface area contributed by atoms with E-state index in [1.165, 1.54) is 0 Å². The second-order valence-electron chi connectivity index (χ2n) is 4.99. The second kappa shape index (κ2) is 6.61. The molecule has 1 fully saturated rings. The molecule has 3 N–H and O–H groups in total. The van der Waals surface area contributed by atoms with Crippen molar-refractivity contribution in [3.05, 3.63) is 29.3 Å². The molecular formula is C14H17ClN2O3. The largest absolute Gasteiger partial charge is 0.481 e. The zero-order valence-electron chi connectivity index (χ0n) is 10.9. The molecule has 0 aromatic heterocycles. The summed E-state index contributed by atoms with van der Waals surface area (Å²) in [7, 11) is 0. The summed E-state index contributed by atoms with van der Waals surface area (Å²) >= 11 is 5.77. The maximum absolute atomic E-state index is 11.8. The smallest absolute Gasteiger partial charge is 0.319 e. The highest BCUT2D eigenvalue weighted by Crippen LogP contribution is 2.24. The van der Waals surface area contributed by atoms with Gasteiger partial charge in [0.1, 0.15) is 0 Å². The Morgan fingerprint density at radius 3 is 2.25 bits per heavy atom. The number of halogens is 1.